The van der Waals surface area contributed by atoms with E-state index in [1.54, 1.807) is 6.92 Å². The van der Waals surface area contributed by atoms with Crippen molar-refractivity contribution in [3.63, 3.8) is 0 Å². The van der Waals surface area contributed by atoms with Crippen LogP contribution in [-0.4, -0.2) is 37.1 Å². The minimum atomic E-state index is 0.174. The lowest BCUT2D eigenvalue weighted by Gasteiger charge is -2.30. The van der Waals surface area contributed by atoms with Gasteiger partial charge in [-0.1, -0.05) is 5.92 Å². The summed E-state index contributed by atoms with van der Waals surface area (Å²) in [5.74, 6) is 3.19. The monoisotopic (exact) mass is 195 g/mol. The summed E-state index contributed by atoms with van der Waals surface area (Å²) >= 11 is 0. The Labute approximate surface area is 85.4 Å². The number of piperidine rings is 1. The highest BCUT2D eigenvalue weighted by Crippen LogP contribution is 2.17. The van der Waals surface area contributed by atoms with Crippen LogP contribution in [0.25, 0.3) is 0 Å². The topological polar surface area (TPSA) is 29.5 Å². The van der Waals surface area contributed by atoms with Crippen LogP contribution in [0.15, 0.2) is 0 Å². The van der Waals surface area contributed by atoms with E-state index in [1.807, 2.05) is 4.90 Å². The van der Waals surface area contributed by atoms with E-state index < -0.39 is 0 Å². The molecular formula is C11H17NO2. The molecule has 0 unspecified atom stereocenters. The van der Waals surface area contributed by atoms with E-state index in [9.17, 15) is 4.79 Å². The minimum absolute atomic E-state index is 0.174. The molecule has 3 nitrogen and oxygen atoms in total. The molecule has 0 N–H and O–H groups in total. The molecule has 14 heavy (non-hydrogen) atoms. The van der Waals surface area contributed by atoms with Crippen molar-refractivity contribution in [3.05, 3.63) is 0 Å². The molecule has 0 aliphatic carbocycles. The van der Waals surface area contributed by atoms with E-state index >= 15 is 0 Å². The number of likely N-dealkylation sites (tertiary alicyclic amines) is 1. The SMILES string of the molecule is C#CCOCC1CCN(C(C)=O)CC1. The molecule has 1 amide bonds. The third kappa shape index (κ3) is 3.39. The summed E-state index contributed by atoms with van der Waals surface area (Å²) in [6, 6.07) is 0. The predicted molar refractivity (Wildman–Crippen MR) is 54.6 cm³/mol. The standard InChI is InChI=1S/C11H17NO2/c1-3-8-14-9-11-4-6-12(7-5-11)10(2)13/h1,11H,4-9H2,2H3. The third-order valence-electron chi connectivity index (χ3n) is 2.60. The summed E-state index contributed by atoms with van der Waals surface area (Å²) in [6.45, 7) is 4.47. The second kappa shape index (κ2) is 5.66. The number of hydrogen-bond donors (Lipinski definition) is 0. The molecule has 0 saturated carbocycles. The minimum Gasteiger partial charge on any atom is -0.369 e. The van der Waals surface area contributed by atoms with Crippen molar-refractivity contribution in [3.8, 4) is 12.3 Å². The Morgan fingerprint density at radius 3 is 2.71 bits per heavy atom. The van der Waals surface area contributed by atoms with Crippen LogP contribution in [0.5, 0.6) is 0 Å². The van der Waals surface area contributed by atoms with Gasteiger partial charge in [-0.05, 0) is 18.8 Å². The van der Waals surface area contributed by atoms with Crippen LogP contribution in [0.3, 0.4) is 0 Å². The maximum atomic E-state index is 11.0. The van der Waals surface area contributed by atoms with Crippen LogP contribution in [0.1, 0.15) is 19.8 Å². The summed E-state index contributed by atoms with van der Waals surface area (Å²) in [6.07, 6.45) is 7.14. The predicted octanol–water partition coefficient (Wildman–Crippen LogP) is 0.895. The average Bonchev–Trinajstić information content (AvgIpc) is 2.19. The first-order valence-electron chi connectivity index (χ1n) is 5.00. The quantitative estimate of drug-likeness (QED) is 0.494. The molecule has 1 heterocycles. The van der Waals surface area contributed by atoms with Crippen molar-refractivity contribution < 1.29 is 9.53 Å². The van der Waals surface area contributed by atoms with Gasteiger partial charge in [-0.25, -0.2) is 0 Å². The molecule has 1 saturated heterocycles. The summed E-state index contributed by atoms with van der Waals surface area (Å²) < 4.78 is 5.28. The fourth-order valence-corrected chi connectivity index (χ4v) is 1.70. The van der Waals surface area contributed by atoms with Crippen LogP contribution in [0, 0.1) is 18.3 Å². The van der Waals surface area contributed by atoms with E-state index in [2.05, 4.69) is 5.92 Å². The maximum absolute atomic E-state index is 11.0. The van der Waals surface area contributed by atoms with E-state index in [4.69, 9.17) is 11.2 Å². The summed E-state index contributed by atoms with van der Waals surface area (Å²) in [7, 11) is 0. The molecule has 3 heteroatoms. The van der Waals surface area contributed by atoms with Crippen molar-refractivity contribution >= 4 is 5.91 Å². The first-order valence-corrected chi connectivity index (χ1v) is 5.00. The smallest absolute Gasteiger partial charge is 0.219 e. The summed E-state index contributed by atoms with van der Waals surface area (Å²) in [5.41, 5.74) is 0. The summed E-state index contributed by atoms with van der Waals surface area (Å²) in [5, 5.41) is 0. The second-order valence-electron chi connectivity index (χ2n) is 3.67. The Hall–Kier alpha value is -1.01. The van der Waals surface area contributed by atoms with Crippen molar-refractivity contribution in [2.75, 3.05) is 26.3 Å². The van der Waals surface area contributed by atoms with Crippen LogP contribution in [-0.2, 0) is 9.53 Å². The summed E-state index contributed by atoms with van der Waals surface area (Å²) in [4.78, 5) is 12.9. The van der Waals surface area contributed by atoms with Gasteiger partial charge in [0.05, 0.1) is 6.61 Å². The van der Waals surface area contributed by atoms with Gasteiger partial charge < -0.3 is 9.64 Å². The van der Waals surface area contributed by atoms with Crippen LogP contribution in [0.4, 0.5) is 0 Å². The van der Waals surface area contributed by atoms with Crippen molar-refractivity contribution in [2.45, 2.75) is 19.8 Å². The first-order chi connectivity index (χ1) is 6.74. The van der Waals surface area contributed by atoms with Gasteiger partial charge in [0, 0.05) is 20.0 Å². The van der Waals surface area contributed by atoms with Gasteiger partial charge in [-0.2, -0.15) is 0 Å². The van der Waals surface area contributed by atoms with Gasteiger partial charge in [-0.3, -0.25) is 4.79 Å². The number of hydrogen-bond acceptors (Lipinski definition) is 2. The van der Waals surface area contributed by atoms with Crippen LogP contribution in [0.2, 0.25) is 0 Å². The molecule has 1 aliphatic rings. The lowest BCUT2D eigenvalue weighted by Crippen LogP contribution is -2.38. The Bertz CT molecular complexity index is 224. The second-order valence-corrected chi connectivity index (χ2v) is 3.67. The van der Waals surface area contributed by atoms with Crippen molar-refractivity contribution in [1.29, 1.82) is 0 Å². The zero-order valence-electron chi connectivity index (χ0n) is 8.66. The largest absolute Gasteiger partial charge is 0.369 e. The Morgan fingerprint density at radius 2 is 2.21 bits per heavy atom. The molecule has 0 aromatic rings. The van der Waals surface area contributed by atoms with E-state index in [0.29, 0.717) is 12.5 Å². The van der Waals surface area contributed by atoms with Gasteiger partial charge in [0.25, 0.3) is 0 Å². The highest BCUT2D eigenvalue weighted by Gasteiger charge is 2.20. The molecular weight excluding hydrogens is 178 g/mol. The molecule has 0 aromatic carbocycles. The molecule has 1 aliphatic heterocycles. The Kier molecular flexibility index (Phi) is 4.48. The molecule has 1 rings (SSSR count). The Morgan fingerprint density at radius 1 is 1.57 bits per heavy atom. The number of carbonyl (C=O) groups is 1. The van der Waals surface area contributed by atoms with Crippen LogP contribution >= 0.6 is 0 Å². The molecule has 0 aromatic heterocycles. The molecule has 0 radical (unpaired) electrons. The lowest BCUT2D eigenvalue weighted by molar-refractivity contribution is -0.130. The number of ether oxygens (including phenoxy) is 1. The van der Waals surface area contributed by atoms with Crippen LogP contribution < -0.4 is 0 Å². The molecule has 0 spiro atoms. The highest BCUT2D eigenvalue weighted by atomic mass is 16.5. The third-order valence-corrected chi connectivity index (χ3v) is 2.60. The number of rotatable bonds is 3. The number of amides is 1. The molecule has 78 valence electrons. The van der Waals surface area contributed by atoms with Crippen molar-refractivity contribution in [1.82, 2.24) is 4.90 Å². The lowest BCUT2D eigenvalue weighted by atomic mass is 9.98. The maximum Gasteiger partial charge on any atom is 0.219 e. The van der Waals surface area contributed by atoms with E-state index in [0.717, 1.165) is 32.5 Å². The number of carbonyl (C=O) groups excluding carboxylic acids is 1. The van der Waals surface area contributed by atoms with Gasteiger partial charge in [0.2, 0.25) is 5.91 Å². The fourth-order valence-electron chi connectivity index (χ4n) is 1.70. The molecule has 0 atom stereocenters. The van der Waals surface area contributed by atoms with Gasteiger partial charge in [0.15, 0.2) is 0 Å². The van der Waals surface area contributed by atoms with Gasteiger partial charge in [0.1, 0.15) is 6.61 Å². The van der Waals surface area contributed by atoms with Gasteiger partial charge >= 0.3 is 0 Å². The van der Waals surface area contributed by atoms with E-state index in [1.165, 1.54) is 0 Å². The average molecular weight is 195 g/mol. The highest BCUT2D eigenvalue weighted by molar-refractivity contribution is 5.73. The zero-order valence-corrected chi connectivity index (χ0v) is 8.66. The number of terminal acetylenes is 1. The van der Waals surface area contributed by atoms with Gasteiger partial charge in [-0.15, -0.1) is 6.42 Å². The first kappa shape index (κ1) is 11.1. The van der Waals surface area contributed by atoms with Crippen molar-refractivity contribution in [2.24, 2.45) is 5.92 Å². The zero-order chi connectivity index (χ0) is 10.4. The molecule has 0 bridgehead atoms. The van der Waals surface area contributed by atoms with E-state index in [-0.39, 0.29) is 5.91 Å². The normalized spacial score (nSPS) is 17.9. The Balaban J connectivity index is 2.16. The number of nitrogens with zero attached hydrogens (tertiary/aromatic N) is 1. The fraction of sp³-hybridized carbons (Fsp3) is 0.727. The molecule has 1 fully saturated rings.